The van der Waals surface area contributed by atoms with Crippen LogP contribution in [0, 0.1) is 0 Å². The standard InChI is InChI=1S/C21H21F3N4O2S/c1-13(2)14-7-8-26-18(9-14)10-15-3-5-17(11-19(15)31(25,29)30)28-20-6-4-16(12-27-20)21(22,23)24/h3-9,11-13H,10H2,1-2H3,(H,27,28)(H2,25,29,30). The molecule has 0 amide bonds. The Hall–Kier alpha value is -2.98. The molecule has 0 radical (unpaired) electrons. The zero-order chi connectivity index (χ0) is 22.8. The minimum absolute atomic E-state index is 0.0961. The Labute approximate surface area is 178 Å². The molecule has 0 unspecified atom stereocenters. The Morgan fingerprint density at radius 1 is 1.06 bits per heavy atom. The number of halogens is 3. The Balaban J connectivity index is 1.89. The molecule has 2 aromatic heterocycles. The fourth-order valence-electron chi connectivity index (χ4n) is 2.97. The van der Waals surface area contributed by atoms with Gasteiger partial charge in [0.25, 0.3) is 0 Å². The van der Waals surface area contributed by atoms with Gasteiger partial charge in [-0.05, 0) is 53.4 Å². The van der Waals surface area contributed by atoms with Crippen molar-refractivity contribution < 1.29 is 21.6 Å². The molecular weight excluding hydrogens is 429 g/mol. The molecule has 6 nitrogen and oxygen atoms in total. The summed E-state index contributed by atoms with van der Waals surface area (Å²) in [5.41, 5.74) is 1.68. The van der Waals surface area contributed by atoms with E-state index in [-0.39, 0.29) is 17.1 Å². The molecule has 0 aliphatic carbocycles. The lowest BCUT2D eigenvalue weighted by molar-refractivity contribution is -0.137. The van der Waals surface area contributed by atoms with Gasteiger partial charge in [-0.25, -0.2) is 18.5 Å². The SMILES string of the molecule is CC(C)c1ccnc(Cc2ccc(Nc3ccc(C(F)(F)F)cn3)cc2S(N)(=O)=O)c1. The van der Waals surface area contributed by atoms with Crippen molar-refractivity contribution in [2.24, 2.45) is 5.14 Å². The molecule has 0 bridgehead atoms. The number of nitrogens with zero attached hydrogens (tertiary/aromatic N) is 2. The second kappa shape index (κ2) is 8.64. The number of sulfonamides is 1. The molecule has 0 aliphatic rings. The van der Waals surface area contributed by atoms with E-state index in [1.807, 2.05) is 26.0 Å². The molecule has 3 rings (SSSR count). The lowest BCUT2D eigenvalue weighted by Gasteiger charge is -2.13. The fraction of sp³-hybridized carbons (Fsp3) is 0.238. The van der Waals surface area contributed by atoms with Crippen molar-refractivity contribution in [3.8, 4) is 0 Å². The van der Waals surface area contributed by atoms with Crippen LogP contribution in [-0.2, 0) is 22.6 Å². The summed E-state index contributed by atoms with van der Waals surface area (Å²) < 4.78 is 62.4. The van der Waals surface area contributed by atoms with Gasteiger partial charge in [-0.15, -0.1) is 0 Å². The molecular formula is C21H21F3N4O2S. The maximum atomic E-state index is 12.7. The Bertz CT molecular complexity index is 1180. The summed E-state index contributed by atoms with van der Waals surface area (Å²) in [5, 5.41) is 8.20. The molecule has 164 valence electrons. The van der Waals surface area contributed by atoms with Crippen molar-refractivity contribution in [1.82, 2.24) is 9.97 Å². The lowest BCUT2D eigenvalue weighted by Crippen LogP contribution is -2.15. The Morgan fingerprint density at radius 3 is 2.39 bits per heavy atom. The Kier molecular flexibility index (Phi) is 6.33. The number of primary sulfonamides is 1. The lowest BCUT2D eigenvalue weighted by atomic mass is 10.0. The molecule has 0 spiro atoms. The predicted octanol–water partition coefficient (Wildman–Crippen LogP) is 4.60. The number of nitrogens with two attached hydrogens (primary N) is 1. The van der Waals surface area contributed by atoms with Crippen molar-refractivity contribution in [1.29, 1.82) is 0 Å². The maximum absolute atomic E-state index is 12.7. The van der Waals surface area contributed by atoms with Crippen LogP contribution >= 0.6 is 0 Å². The second-order valence-electron chi connectivity index (χ2n) is 7.33. The van der Waals surface area contributed by atoms with Crippen LogP contribution < -0.4 is 10.5 Å². The molecule has 2 heterocycles. The number of nitrogens with one attached hydrogen (secondary N) is 1. The molecule has 0 aliphatic heterocycles. The van der Waals surface area contributed by atoms with Crippen LogP contribution in [0.15, 0.2) is 59.8 Å². The fourth-order valence-corrected chi connectivity index (χ4v) is 3.77. The van der Waals surface area contributed by atoms with Crippen LogP contribution in [0.4, 0.5) is 24.7 Å². The minimum atomic E-state index is -4.49. The number of alkyl halides is 3. The molecule has 0 saturated heterocycles. The van der Waals surface area contributed by atoms with Gasteiger partial charge in [0.1, 0.15) is 5.82 Å². The van der Waals surface area contributed by atoms with Crippen molar-refractivity contribution in [2.75, 3.05) is 5.32 Å². The van der Waals surface area contributed by atoms with Gasteiger partial charge in [0, 0.05) is 30.2 Å². The van der Waals surface area contributed by atoms with E-state index in [4.69, 9.17) is 5.14 Å². The number of hydrogen-bond acceptors (Lipinski definition) is 5. The number of benzene rings is 1. The highest BCUT2D eigenvalue weighted by atomic mass is 32.2. The summed E-state index contributed by atoms with van der Waals surface area (Å²) in [4.78, 5) is 7.94. The highest BCUT2D eigenvalue weighted by molar-refractivity contribution is 7.89. The average molecular weight is 450 g/mol. The van der Waals surface area contributed by atoms with E-state index in [2.05, 4.69) is 15.3 Å². The van der Waals surface area contributed by atoms with Gasteiger partial charge in [0.15, 0.2) is 0 Å². The van der Waals surface area contributed by atoms with E-state index in [0.717, 1.165) is 17.7 Å². The number of pyridine rings is 2. The van der Waals surface area contributed by atoms with E-state index < -0.39 is 21.8 Å². The quantitative estimate of drug-likeness (QED) is 0.572. The largest absolute Gasteiger partial charge is 0.417 e. The second-order valence-corrected chi connectivity index (χ2v) is 8.86. The normalized spacial score (nSPS) is 12.2. The molecule has 31 heavy (non-hydrogen) atoms. The van der Waals surface area contributed by atoms with Crippen molar-refractivity contribution >= 4 is 21.5 Å². The van der Waals surface area contributed by atoms with Crippen LogP contribution in [-0.4, -0.2) is 18.4 Å². The summed E-state index contributed by atoms with van der Waals surface area (Å²) in [6.07, 6.45) is -1.86. The van der Waals surface area contributed by atoms with E-state index in [9.17, 15) is 21.6 Å². The molecule has 0 saturated carbocycles. The van der Waals surface area contributed by atoms with Crippen LogP contribution in [0.2, 0.25) is 0 Å². The third-order valence-corrected chi connectivity index (χ3v) is 5.61. The van der Waals surface area contributed by atoms with Crippen molar-refractivity contribution in [3.05, 3.63) is 77.2 Å². The third-order valence-electron chi connectivity index (χ3n) is 4.62. The summed E-state index contributed by atoms with van der Waals surface area (Å²) in [6.45, 7) is 4.09. The monoisotopic (exact) mass is 450 g/mol. The van der Waals surface area contributed by atoms with E-state index >= 15 is 0 Å². The van der Waals surface area contributed by atoms with Gasteiger partial charge in [-0.3, -0.25) is 4.98 Å². The first-order chi connectivity index (χ1) is 14.4. The highest BCUT2D eigenvalue weighted by Crippen LogP contribution is 2.30. The molecule has 3 N–H and O–H groups in total. The van der Waals surface area contributed by atoms with Crippen molar-refractivity contribution in [2.45, 2.75) is 37.3 Å². The van der Waals surface area contributed by atoms with Crippen LogP contribution in [0.25, 0.3) is 0 Å². The van der Waals surface area contributed by atoms with E-state index in [1.165, 1.54) is 6.07 Å². The van der Waals surface area contributed by atoms with Gasteiger partial charge in [-0.1, -0.05) is 19.9 Å². The number of hydrogen-bond donors (Lipinski definition) is 2. The minimum Gasteiger partial charge on any atom is -0.340 e. The van der Waals surface area contributed by atoms with Crippen LogP contribution in [0.5, 0.6) is 0 Å². The van der Waals surface area contributed by atoms with Gasteiger partial charge in [0.2, 0.25) is 10.0 Å². The molecule has 0 fully saturated rings. The third kappa shape index (κ3) is 5.80. The summed E-state index contributed by atoms with van der Waals surface area (Å²) in [5.74, 6) is 0.426. The smallest absolute Gasteiger partial charge is 0.340 e. The van der Waals surface area contributed by atoms with Gasteiger partial charge >= 0.3 is 6.18 Å². The van der Waals surface area contributed by atoms with Crippen LogP contribution in [0.3, 0.4) is 0 Å². The Morgan fingerprint density at radius 2 is 1.81 bits per heavy atom. The zero-order valence-electron chi connectivity index (χ0n) is 16.8. The van der Waals surface area contributed by atoms with Crippen LogP contribution in [0.1, 0.15) is 42.1 Å². The molecule has 3 aromatic rings. The summed E-state index contributed by atoms with van der Waals surface area (Å²) in [7, 11) is -4.06. The maximum Gasteiger partial charge on any atom is 0.417 e. The molecule has 0 atom stereocenters. The summed E-state index contributed by atoms with van der Waals surface area (Å²) in [6, 6.07) is 10.4. The first kappa shape index (κ1) is 22.7. The van der Waals surface area contributed by atoms with Gasteiger partial charge in [-0.2, -0.15) is 13.2 Å². The van der Waals surface area contributed by atoms with Gasteiger partial charge < -0.3 is 5.32 Å². The molecule has 1 aromatic carbocycles. The van der Waals surface area contributed by atoms with E-state index in [1.54, 1.807) is 18.3 Å². The predicted molar refractivity (Wildman–Crippen MR) is 111 cm³/mol. The first-order valence-electron chi connectivity index (χ1n) is 9.34. The topological polar surface area (TPSA) is 98.0 Å². The number of aromatic nitrogens is 2. The van der Waals surface area contributed by atoms with Gasteiger partial charge in [0.05, 0.1) is 10.5 Å². The average Bonchev–Trinajstić information content (AvgIpc) is 2.68. The van der Waals surface area contributed by atoms with Crippen molar-refractivity contribution in [3.63, 3.8) is 0 Å². The first-order valence-corrected chi connectivity index (χ1v) is 10.9. The summed E-state index contributed by atoms with van der Waals surface area (Å²) >= 11 is 0. The number of anilines is 2. The molecule has 10 heteroatoms. The highest BCUT2D eigenvalue weighted by Gasteiger charge is 2.30. The van der Waals surface area contributed by atoms with E-state index in [0.29, 0.717) is 29.1 Å². The zero-order valence-corrected chi connectivity index (χ0v) is 17.6. The number of rotatable bonds is 6.